The van der Waals surface area contributed by atoms with Crippen LogP contribution in [0.5, 0.6) is 0 Å². The summed E-state index contributed by atoms with van der Waals surface area (Å²) in [5.41, 5.74) is 1.00. The van der Waals surface area contributed by atoms with Crippen molar-refractivity contribution in [3.63, 3.8) is 0 Å². The third-order valence-corrected chi connectivity index (χ3v) is 4.10. The van der Waals surface area contributed by atoms with Crippen LogP contribution in [0.2, 0.25) is 0 Å². The van der Waals surface area contributed by atoms with Gasteiger partial charge in [0.2, 0.25) is 0 Å². The van der Waals surface area contributed by atoms with Crippen LogP contribution in [0.15, 0.2) is 6.20 Å². The number of aromatic nitrogens is 3. The lowest BCUT2D eigenvalue weighted by Crippen LogP contribution is -2.51. The zero-order chi connectivity index (χ0) is 16.2. The number of urea groups is 1. The highest BCUT2D eigenvalue weighted by molar-refractivity contribution is 5.74. The average molecular weight is 325 g/mol. The van der Waals surface area contributed by atoms with E-state index in [0.29, 0.717) is 25.6 Å². The van der Waals surface area contributed by atoms with Crippen molar-refractivity contribution < 1.29 is 19.4 Å². The van der Waals surface area contributed by atoms with E-state index >= 15 is 0 Å². The molecule has 0 aromatic carbocycles. The number of aliphatic hydroxyl groups is 1. The predicted octanol–water partition coefficient (Wildman–Crippen LogP) is -0.771. The molecule has 3 N–H and O–H groups in total. The maximum Gasteiger partial charge on any atom is 0.315 e. The van der Waals surface area contributed by atoms with E-state index < -0.39 is 12.1 Å². The summed E-state index contributed by atoms with van der Waals surface area (Å²) in [6, 6.07) is -0.829. The topological polar surface area (TPSA) is 111 Å². The van der Waals surface area contributed by atoms with Gasteiger partial charge in [-0.1, -0.05) is 5.21 Å². The normalized spacial score (nSPS) is 27.1. The Bertz CT molecular complexity index is 533. The van der Waals surface area contributed by atoms with E-state index in [-0.39, 0.29) is 18.7 Å². The molecule has 0 radical (unpaired) electrons. The van der Waals surface area contributed by atoms with E-state index in [1.54, 1.807) is 11.8 Å². The van der Waals surface area contributed by atoms with Crippen LogP contribution in [0.25, 0.3) is 0 Å². The lowest BCUT2D eigenvalue weighted by molar-refractivity contribution is 0.0746. The minimum atomic E-state index is -0.736. The quantitative estimate of drug-likeness (QED) is 0.568. The molecule has 0 unspecified atom stereocenters. The zero-order valence-electron chi connectivity index (χ0n) is 13.1. The highest BCUT2D eigenvalue weighted by Gasteiger charge is 2.38. The number of carbonyl (C=O) groups is 1. The van der Waals surface area contributed by atoms with Gasteiger partial charge in [-0.05, 0) is 12.8 Å². The van der Waals surface area contributed by atoms with Gasteiger partial charge in [-0.2, -0.15) is 0 Å². The van der Waals surface area contributed by atoms with Crippen LogP contribution in [0.4, 0.5) is 4.79 Å². The summed E-state index contributed by atoms with van der Waals surface area (Å²) in [5, 5.41) is 23.7. The second-order valence-corrected chi connectivity index (χ2v) is 6.00. The Morgan fingerprint density at radius 2 is 2.39 bits per heavy atom. The molecule has 1 aromatic rings. The molecular weight excluding hydrogens is 302 g/mol. The van der Waals surface area contributed by atoms with E-state index in [1.165, 1.54) is 12.8 Å². The summed E-state index contributed by atoms with van der Waals surface area (Å²) in [7, 11) is 1.57. The Balaban J connectivity index is 1.53. The second kappa shape index (κ2) is 7.24. The first-order chi connectivity index (χ1) is 11.2. The molecule has 2 amide bonds. The number of hydrogen-bond donors (Lipinski definition) is 3. The molecule has 0 spiro atoms. The summed E-state index contributed by atoms with van der Waals surface area (Å²) in [6.45, 7) is 1.48. The van der Waals surface area contributed by atoms with Gasteiger partial charge in [0.1, 0.15) is 12.2 Å². The van der Waals surface area contributed by atoms with Crippen molar-refractivity contribution in [2.75, 3.05) is 26.9 Å². The fourth-order valence-corrected chi connectivity index (χ4v) is 2.65. The zero-order valence-corrected chi connectivity index (χ0v) is 13.1. The molecule has 2 aliphatic rings. The standard InChI is InChI=1S/C14H23N5O4/c1-22-5-4-15-14(21)16-13-11(20)8-23-12(13)7-19-6-10(17-18-19)9-2-3-9/h6,9,11-13,20H,2-5,7-8H2,1H3,(H2,15,16,21)/t11-,12+,13+/m0/s1. The first-order valence-corrected chi connectivity index (χ1v) is 7.90. The Morgan fingerprint density at radius 3 is 3.13 bits per heavy atom. The van der Waals surface area contributed by atoms with Crippen LogP contribution in [0, 0.1) is 0 Å². The van der Waals surface area contributed by atoms with Gasteiger partial charge >= 0.3 is 6.03 Å². The molecule has 1 saturated heterocycles. The first-order valence-electron chi connectivity index (χ1n) is 7.90. The molecule has 1 aromatic heterocycles. The van der Waals surface area contributed by atoms with E-state index in [4.69, 9.17) is 9.47 Å². The van der Waals surface area contributed by atoms with Crippen molar-refractivity contribution in [1.29, 1.82) is 0 Å². The minimum absolute atomic E-state index is 0.192. The molecule has 9 heteroatoms. The van der Waals surface area contributed by atoms with Crippen molar-refractivity contribution in [3.8, 4) is 0 Å². The van der Waals surface area contributed by atoms with Crippen molar-refractivity contribution in [2.24, 2.45) is 0 Å². The Morgan fingerprint density at radius 1 is 1.57 bits per heavy atom. The van der Waals surface area contributed by atoms with Gasteiger partial charge in [-0.25, -0.2) is 9.48 Å². The maximum absolute atomic E-state index is 11.8. The molecule has 3 atom stereocenters. The molecule has 23 heavy (non-hydrogen) atoms. The van der Waals surface area contributed by atoms with Gasteiger partial charge in [-0.15, -0.1) is 5.10 Å². The van der Waals surface area contributed by atoms with Gasteiger partial charge in [0, 0.05) is 25.8 Å². The van der Waals surface area contributed by atoms with Crippen LogP contribution in [-0.2, 0) is 16.0 Å². The Labute approximate surface area is 134 Å². The summed E-state index contributed by atoms with van der Waals surface area (Å²) in [5.74, 6) is 0.541. The molecule has 1 aliphatic carbocycles. The third kappa shape index (κ3) is 4.18. The second-order valence-electron chi connectivity index (χ2n) is 6.00. The van der Waals surface area contributed by atoms with Gasteiger partial charge in [0.05, 0.1) is 31.5 Å². The number of methoxy groups -OCH3 is 1. The molecule has 0 bridgehead atoms. The number of nitrogens with one attached hydrogen (secondary N) is 2. The number of hydrogen-bond acceptors (Lipinski definition) is 6. The molecule has 3 rings (SSSR count). The average Bonchev–Trinajstić information content (AvgIpc) is 3.20. The van der Waals surface area contributed by atoms with E-state index in [9.17, 15) is 9.90 Å². The number of nitrogens with zero attached hydrogens (tertiary/aromatic N) is 3. The summed E-state index contributed by atoms with van der Waals surface area (Å²) in [4.78, 5) is 11.8. The molecule has 1 saturated carbocycles. The lowest BCUT2D eigenvalue weighted by atomic mass is 10.1. The molecular formula is C14H23N5O4. The van der Waals surface area contributed by atoms with Crippen molar-refractivity contribution >= 4 is 6.03 Å². The van der Waals surface area contributed by atoms with E-state index in [0.717, 1.165) is 5.69 Å². The van der Waals surface area contributed by atoms with Crippen LogP contribution >= 0.6 is 0 Å². The minimum Gasteiger partial charge on any atom is -0.388 e. The SMILES string of the molecule is COCCNC(=O)N[C@@H]1[C@@H](O)CO[C@@H]1Cn1cc(C2CC2)nn1. The summed E-state index contributed by atoms with van der Waals surface area (Å²) >= 11 is 0. The third-order valence-electron chi connectivity index (χ3n) is 4.10. The number of carbonyl (C=O) groups excluding carboxylic acids is 1. The van der Waals surface area contributed by atoms with Crippen molar-refractivity contribution in [1.82, 2.24) is 25.6 Å². The van der Waals surface area contributed by atoms with E-state index in [2.05, 4.69) is 20.9 Å². The molecule has 2 fully saturated rings. The Kier molecular flexibility index (Phi) is 5.09. The number of aliphatic hydroxyl groups excluding tert-OH is 1. The highest BCUT2D eigenvalue weighted by atomic mass is 16.5. The monoisotopic (exact) mass is 325 g/mol. The maximum atomic E-state index is 11.8. The van der Waals surface area contributed by atoms with Crippen LogP contribution in [0.1, 0.15) is 24.5 Å². The van der Waals surface area contributed by atoms with Crippen LogP contribution in [0.3, 0.4) is 0 Å². The van der Waals surface area contributed by atoms with Gasteiger partial charge in [0.15, 0.2) is 0 Å². The van der Waals surface area contributed by atoms with Crippen molar-refractivity contribution in [2.45, 2.75) is 43.6 Å². The number of rotatable bonds is 7. The van der Waals surface area contributed by atoms with E-state index in [1.807, 2.05) is 6.20 Å². The van der Waals surface area contributed by atoms with Gasteiger partial charge in [0.25, 0.3) is 0 Å². The smallest absolute Gasteiger partial charge is 0.315 e. The largest absolute Gasteiger partial charge is 0.388 e. The fourth-order valence-electron chi connectivity index (χ4n) is 2.65. The number of ether oxygens (including phenoxy) is 2. The Hall–Kier alpha value is -1.71. The molecule has 1 aliphatic heterocycles. The molecule has 2 heterocycles. The lowest BCUT2D eigenvalue weighted by Gasteiger charge is -2.21. The summed E-state index contributed by atoms with van der Waals surface area (Å²) in [6.07, 6.45) is 3.18. The predicted molar refractivity (Wildman–Crippen MR) is 79.9 cm³/mol. The van der Waals surface area contributed by atoms with Crippen LogP contribution < -0.4 is 10.6 Å². The van der Waals surface area contributed by atoms with Gasteiger partial charge in [-0.3, -0.25) is 0 Å². The number of amides is 2. The molecule has 9 nitrogen and oxygen atoms in total. The highest BCUT2D eigenvalue weighted by Crippen LogP contribution is 2.38. The summed E-state index contributed by atoms with van der Waals surface area (Å²) < 4.78 is 12.2. The first kappa shape index (κ1) is 16.2. The van der Waals surface area contributed by atoms with Gasteiger partial charge < -0.3 is 25.2 Å². The molecule has 128 valence electrons. The fraction of sp³-hybridized carbons (Fsp3) is 0.786. The van der Waals surface area contributed by atoms with Crippen LogP contribution in [-0.4, -0.2) is 71.2 Å². The van der Waals surface area contributed by atoms with Crippen molar-refractivity contribution in [3.05, 3.63) is 11.9 Å².